The lowest BCUT2D eigenvalue weighted by Crippen LogP contribution is -2.43. The first-order chi connectivity index (χ1) is 19.9. The zero-order valence-corrected chi connectivity index (χ0v) is 21.5. The average molecular weight is 561 g/mol. The van der Waals surface area contributed by atoms with Gasteiger partial charge in [0.25, 0.3) is 11.5 Å². The van der Waals surface area contributed by atoms with Crippen molar-refractivity contribution < 1.29 is 32.5 Å². The number of fused-ring (bicyclic) bond motifs is 3. The summed E-state index contributed by atoms with van der Waals surface area (Å²) in [7, 11) is 1.52. The van der Waals surface area contributed by atoms with Gasteiger partial charge in [-0.25, -0.2) is 18.8 Å². The number of carbonyl (C=O) groups excluding carboxylic acids is 1. The second kappa shape index (κ2) is 10.8. The van der Waals surface area contributed by atoms with Crippen molar-refractivity contribution in [3.8, 4) is 11.4 Å². The zero-order valence-electron chi connectivity index (χ0n) is 21.5. The number of rotatable bonds is 5. The van der Waals surface area contributed by atoms with Gasteiger partial charge in [-0.2, -0.15) is 0 Å². The van der Waals surface area contributed by atoms with Gasteiger partial charge in [0.1, 0.15) is 36.3 Å². The van der Waals surface area contributed by atoms with Crippen molar-refractivity contribution in [2.75, 3.05) is 25.6 Å². The van der Waals surface area contributed by atoms with E-state index in [9.17, 15) is 14.0 Å². The quantitative estimate of drug-likeness (QED) is 0.506. The molecule has 12 heteroatoms. The number of pyridine rings is 1. The molecule has 0 radical (unpaired) electrons. The molecule has 1 N–H and O–H groups in total. The van der Waals surface area contributed by atoms with Gasteiger partial charge in [0.2, 0.25) is 5.90 Å². The SMILES string of the molecule is COC1=C2OCCOC2C2C(=C1)N=CN=C2Oc1ccc(NC(=O)c2cccn(-c3ccc(F)cc3)c2=O)cc1F. The summed E-state index contributed by atoms with van der Waals surface area (Å²) in [6.45, 7) is 0.696. The molecule has 2 aromatic carbocycles. The molecule has 2 unspecified atom stereocenters. The summed E-state index contributed by atoms with van der Waals surface area (Å²) in [5.41, 5.74) is 0.241. The van der Waals surface area contributed by atoms with Crippen LogP contribution in [0.1, 0.15) is 10.4 Å². The van der Waals surface area contributed by atoms with Gasteiger partial charge in [0.15, 0.2) is 23.1 Å². The molecule has 0 bridgehead atoms. The lowest BCUT2D eigenvalue weighted by atomic mass is 9.90. The van der Waals surface area contributed by atoms with Crippen LogP contribution in [-0.4, -0.2) is 49.1 Å². The van der Waals surface area contributed by atoms with Crippen molar-refractivity contribution in [2.24, 2.45) is 15.9 Å². The molecule has 1 saturated heterocycles. The second-order valence-electron chi connectivity index (χ2n) is 9.11. The molecule has 2 aliphatic heterocycles. The number of hydrogen-bond acceptors (Lipinski definition) is 8. The number of nitrogens with zero attached hydrogens (tertiary/aromatic N) is 3. The molecule has 1 aliphatic carbocycles. The van der Waals surface area contributed by atoms with Crippen molar-refractivity contribution >= 4 is 23.8 Å². The van der Waals surface area contributed by atoms with E-state index in [0.717, 1.165) is 6.07 Å². The summed E-state index contributed by atoms with van der Waals surface area (Å²) in [5.74, 6) is -1.60. The van der Waals surface area contributed by atoms with Crippen LogP contribution in [0.25, 0.3) is 5.69 Å². The van der Waals surface area contributed by atoms with Crippen molar-refractivity contribution in [1.29, 1.82) is 0 Å². The first-order valence-corrected chi connectivity index (χ1v) is 12.5. The summed E-state index contributed by atoms with van der Waals surface area (Å²) >= 11 is 0. The van der Waals surface area contributed by atoms with E-state index in [1.54, 1.807) is 6.08 Å². The fourth-order valence-electron chi connectivity index (χ4n) is 4.69. The van der Waals surface area contributed by atoms with Crippen LogP contribution < -0.4 is 15.6 Å². The number of allylic oxidation sites excluding steroid dienone is 1. The van der Waals surface area contributed by atoms with Gasteiger partial charge < -0.3 is 24.3 Å². The smallest absolute Gasteiger partial charge is 0.267 e. The van der Waals surface area contributed by atoms with Crippen molar-refractivity contribution in [2.45, 2.75) is 6.10 Å². The highest BCUT2D eigenvalue weighted by Gasteiger charge is 2.44. The fraction of sp³-hybridized carbons (Fsp3) is 0.172. The van der Waals surface area contributed by atoms with E-state index in [1.165, 1.54) is 72.7 Å². The van der Waals surface area contributed by atoms with Gasteiger partial charge in [0.05, 0.1) is 19.4 Å². The van der Waals surface area contributed by atoms with E-state index in [1.807, 2.05) is 0 Å². The Morgan fingerprint density at radius 1 is 1.12 bits per heavy atom. The molecule has 3 aromatic rings. The Bertz CT molecular complexity index is 1710. The number of anilines is 1. The van der Waals surface area contributed by atoms with Crippen molar-refractivity contribution in [3.05, 3.63) is 112 Å². The summed E-state index contributed by atoms with van der Waals surface area (Å²) in [4.78, 5) is 34.4. The van der Waals surface area contributed by atoms with E-state index < -0.39 is 35.1 Å². The Labute approximate surface area is 231 Å². The number of benzene rings is 2. The minimum atomic E-state index is -0.778. The largest absolute Gasteiger partial charge is 0.493 e. The summed E-state index contributed by atoms with van der Waals surface area (Å²) in [6, 6.07) is 11.9. The average Bonchev–Trinajstić information content (AvgIpc) is 2.98. The number of aromatic nitrogens is 1. The summed E-state index contributed by atoms with van der Waals surface area (Å²) in [5, 5.41) is 2.53. The Morgan fingerprint density at radius 2 is 1.95 bits per heavy atom. The number of aliphatic imine (C=N–C) groups is 2. The highest BCUT2D eigenvalue weighted by Crippen LogP contribution is 2.38. The molecule has 3 aliphatic rings. The number of amides is 1. The molecule has 41 heavy (non-hydrogen) atoms. The monoisotopic (exact) mass is 560 g/mol. The number of methoxy groups -OCH3 is 1. The van der Waals surface area contributed by atoms with Crippen molar-refractivity contribution in [1.82, 2.24) is 4.57 Å². The van der Waals surface area contributed by atoms with Crippen LogP contribution >= 0.6 is 0 Å². The molecule has 0 spiro atoms. The van der Waals surface area contributed by atoms with E-state index >= 15 is 4.39 Å². The molecular weight excluding hydrogens is 538 g/mol. The number of carbonyl (C=O) groups is 1. The maximum absolute atomic E-state index is 15.2. The third-order valence-electron chi connectivity index (χ3n) is 6.62. The summed E-state index contributed by atoms with van der Waals surface area (Å²) in [6.07, 6.45) is 3.84. The highest BCUT2D eigenvalue weighted by molar-refractivity contribution is 6.04. The predicted molar refractivity (Wildman–Crippen MR) is 144 cm³/mol. The van der Waals surface area contributed by atoms with Crippen LogP contribution in [0.15, 0.2) is 98.9 Å². The maximum Gasteiger partial charge on any atom is 0.267 e. The Kier molecular flexibility index (Phi) is 6.89. The molecular formula is C29H22F2N4O6. The standard InChI is InChI=1S/C29H22F2N4O6/c1-38-23-14-21-24(26-25(23)39-11-12-40-26)28(33-15-32-21)41-22-9-6-17(13-20(22)31)34-27(36)19-3-2-10-35(29(19)37)18-7-4-16(30)5-8-18/h2-10,13-15,24,26H,11-12H2,1H3,(H,34,36). The van der Waals surface area contributed by atoms with E-state index in [4.69, 9.17) is 18.9 Å². The highest BCUT2D eigenvalue weighted by atomic mass is 19.1. The lowest BCUT2D eigenvalue weighted by Gasteiger charge is -2.36. The number of nitrogens with one attached hydrogen (secondary N) is 1. The zero-order chi connectivity index (χ0) is 28.5. The lowest BCUT2D eigenvalue weighted by molar-refractivity contribution is -0.0609. The first kappa shape index (κ1) is 26.1. The van der Waals surface area contributed by atoms with Crippen LogP contribution in [0.3, 0.4) is 0 Å². The van der Waals surface area contributed by atoms with Gasteiger partial charge in [-0.3, -0.25) is 14.2 Å². The van der Waals surface area contributed by atoms with Gasteiger partial charge in [-0.05, 0) is 48.5 Å². The number of hydrogen-bond donors (Lipinski definition) is 1. The number of halogens is 2. The van der Waals surface area contributed by atoms with Crippen LogP contribution in [0.4, 0.5) is 14.5 Å². The Morgan fingerprint density at radius 3 is 2.73 bits per heavy atom. The maximum atomic E-state index is 15.2. The second-order valence-corrected chi connectivity index (χ2v) is 9.11. The van der Waals surface area contributed by atoms with Crippen LogP contribution in [0.2, 0.25) is 0 Å². The van der Waals surface area contributed by atoms with E-state index in [2.05, 4.69) is 15.3 Å². The van der Waals surface area contributed by atoms with Crippen molar-refractivity contribution in [3.63, 3.8) is 0 Å². The topological polar surface area (TPSA) is 113 Å². The third kappa shape index (κ3) is 5.00. The number of ether oxygens (including phenoxy) is 4. The first-order valence-electron chi connectivity index (χ1n) is 12.5. The molecule has 208 valence electrons. The molecule has 1 amide bonds. The van der Waals surface area contributed by atoms with Crippen LogP contribution in [-0.2, 0) is 14.2 Å². The van der Waals surface area contributed by atoms with Gasteiger partial charge in [0, 0.05) is 29.7 Å². The normalized spacial score (nSPS) is 19.3. The fourth-order valence-corrected chi connectivity index (χ4v) is 4.69. The molecule has 2 atom stereocenters. The van der Waals surface area contributed by atoms with Crippen LogP contribution in [0.5, 0.6) is 5.75 Å². The van der Waals surface area contributed by atoms with E-state index in [0.29, 0.717) is 36.1 Å². The van der Waals surface area contributed by atoms with E-state index in [-0.39, 0.29) is 22.9 Å². The summed E-state index contributed by atoms with van der Waals surface area (Å²) < 4.78 is 52.6. The molecule has 1 aromatic heterocycles. The minimum absolute atomic E-state index is 0.0980. The van der Waals surface area contributed by atoms with Crippen LogP contribution in [0, 0.1) is 17.6 Å². The Hall–Kier alpha value is -5.10. The molecule has 3 heterocycles. The van der Waals surface area contributed by atoms with Gasteiger partial charge >= 0.3 is 0 Å². The minimum Gasteiger partial charge on any atom is -0.493 e. The Balaban J connectivity index is 1.20. The third-order valence-corrected chi connectivity index (χ3v) is 6.62. The molecule has 0 saturated carbocycles. The predicted octanol–water partition coefficient (Wildman–Crippen LogP) is 3.97. The van der Waals surface area contributed by atoms with Gasteiger partial charge in [-0.1, -0.05) is 0 Å². The molecule has 10 nitrogen and oxygen atoms in total. The molecule has 6 rings (SSSR count). The van der Waals surface area contributed by atoms with Gasteiger partial charge in [-0.15, -0.1) is 0 Å². The molecule has 1 fully saturated rings.